The summed E-state index contributed by atoms with van der Waals surface area (Å²) >= 11 is 0. The Balaban J connectivity index is 1.27. The normalized spacial score (nSPS) is 21.6. The van der Waals surface area contributed by atoms with E-state index in [-0.39, 0.29) is 11.8 Å². The number of aromatic nitrogens is 2. The minimum absolute atomic E-state index is 0.0291. The lowest BCUT2D eigenvalue weighted by molar-refractivity contribution is -0.135. The molecule has 6 heteroatoms. The van der Waals surface area contributed by atoms with Gasteiger partial charge in [-0.15, -0.1) is 0 Å². The van der Waals surface area contributed by atoms with Crippen molar-refractivity contribution in [2.45, 2.75) is 19.3 Å². The number of hydrogen-bond donors (Lipinski definition) is 0. The van der Waals surface area contributed by atoms with Crippen molar-refractivity contribution >= 4 is 17.3 Å². The summed E-state index contributed by atoms with van der Waals surface area (Å²) in [5.41, 5.74) is 2.25. The van der Waals surface area contributed by atoms with E-state index in [4.69, 9.17) is 0 Å². The van der Waals surface area contributed by atoms with Crippen LogP contribution in [0.1, 0.15) is 28.8 Å². The number of pyridine rings is 1. The molecular weight excluding hydrogens is 364 g/mol. The minimum atomic E-state index is -0.407. The molecule has 2 aliphatic heterocycles. The third-order valence-electron chi connectivity index (χ3n) is 6.41. The second-order valence-corrected chi connectivity index (χ2v) is 8.12. The largest absolute Gasteiger partial charge is 0.342 e. The highest BCUT2D eigenvalue weighted by atomic mass is 16.2. The van der Waals surface area contributed by atoms with Gasteiger partial charge in [0.2, 0.25) is 5.91 Å². The zero-order valence-electron chi connectivity index (χ0n) is 16.3. The summed E-state index contributed by atoms with van der Waals surface area (Å²) in [6, 6.07) is 16.0. The molecule has 2 aromatic heterocycles. The topological polar surface area (TPSA) is 57.9 Å². The molecule has 2 aliphatic rings. The van der Waals surface area contributed by atoms with Crippen molar-refractivity contribution < 1.29 is 9.59 Å². The SMILES string of the molecule is O=C(c1cnn2ccccc12)N1CCC2(CCN(CCc3ccccc3)C2=O)C1. The van der Waals surface area contributed by atoms with Gasteiger partial charge >= 0.3 is 0 Å². The maximum atomic E-state index is 13.2. The first-order chi connectivity index (χ1) is 14.2. The van der Waals surface area contributed by atoms with Crippen LogP contribution in [0.5, 0.6) is 0 Å². The summed E-state index contributed by atoms with van der Waals surface area (Å²) in [5, 5.41) is 4.27. The van der Waals surface area contributed by atoms with Crippen LogP contribution in [-0.4, -0.2) is 57.4 Å². The Kier molecular flexibility index (Phi) is 4.34. The van der Waals surface area contributed by atoms with Gasteiger partial charge in [-0.3, -0.25) is 9.59 Å². The van der Waals surface area contributed by atoms with E-state index in [1.54, 1.807) is 10.7 Å². The lowest BCUT2D eigenvalue weighted by Crippen LogP contribution is -2.39. The maximum Gasteiger partial charge on any atom is 0.257 e. The fourth-order valence-electron chi connectivity index (χ4n) is 4.71. The summed E-state index contributed by atoms with van der Waals surface area (Å²) in [4.78, 5) is 30.1. The van der Waals surface area contributed by atoms with E-state index >= 15 is 0 Å². The van der Waals surface area contributed by atoms with Gasteiger partial charge in [-0.2, -0.15) is 5.10 Å². The van der Waals surface area contributed by atoms with Gasteiger partial charge in [0, 0.05) is 32.4 Å². The molecule has 0 bridgehead atoms. The van der Waals surface area contributed by atoms with Crippen LogP contribution >= 0.6 is 0 Å². The molecule has 6 nitrogen and oxygen atoms in total. The molecule has 2 fully saturated rings. The van der Waals surface area contributed by atoms with Crippen LogP contribution in [0, 0.1) is 5.41 Å². The molecular formula is C23H24N4O2. The van der Waals surface area contributed by atoms with Crippen molar-refractivity contribution in [3.05, 3.63) is 72.1 Å². The lowest BCUT2D eigenvalue weighted by atomic mass is 9.85. The van der Waals surface area contributed by atoms with Crippen LogP contribution in [-0.2, 0) is 11.2 Å². The molecule has 1 aromatic carbocycles. The predicted molar refractivity (Wildman–Crippen MR) is 109 cm³/mol. The summed E-state index contributed by atoms with van der Waals surface area (Å²) in [6.45, 7) is 2.66. The Hall–Kier alpha value is -3.15. The summed E-state index contributed by atoms with van der Waals surface area (Å²) in [6.07, 6.45) is 5.92. The van der Waals surface area contributed by atoms with Gasteiger partial charge in [-0.1, -0.05) is 36.4 Å². The van der Waals surface area contributed by atoms with Crippen molar-refractivity contribution in [2.24, 2.45) is 5.41 Å². The number of carbonyl (C=O) groups excluding carboxylic acids is 2. The second kappa shape index (κ2) is 7.03. The number of nitrogens with zero attached hydrogens (tertiary/aromatic N) is 4. The zero-order valence-corrected chi connectivity index (χ0v) is 16.3. The quantitative estimate of drug-likeness (QED) is 0.690. The number of amides is 2. The van der Waals surface area contributed by atoms with Crippen molar-refractivity contribution in [1.82, 2.24) is 19.4 Å². The molecule has 2 saturated heterocycles. The Labute approximate surface area is 169 Å². The van der Waals surface area contributed by atoms with E-state index in [9.17, 15) is 9.59 Å². The molecule has 0 N–H and O–H groups in total. The summed E-state index contributed by atoms with van der Waals surface area (Å²) < 4.78 is 1.71. The fourth-order valence-corrected chi connectivity index (χ4v) is 4.71. The Morgan fingerprint density at radius 1 is 1.03 bits per heavy atom. The Bertz CT molecular complexity index is 1060. The van der Waals surface area contributed by atoms with E-state index in [2.05, 4.69) is 17.2 Å². The van der Waals surface area contributed by atoms with Gasteiger partial charge in [0.05, 0.1) is 22.7 Å². The van der Waals surface area contributed by atoms with E-state index in [0.29, 0.717) is 18.7 Å². The van der Waals surface area contributed by atoms with Crippen molar-refractivity contribution in [3.8, 4) is 0 Å². The average molecular weight is 388 g/mol. The molecule has 0 saturated carbocycles. The molecule has 148 valence electrons. The van der Waals surface area contributed by atoms with Crippen LogP contribution in [0.25, 0.3) is 5.52 Å². The summed E-state index contributed by atoms with van der Waals surface area (Å²) in [5.74, 6) is 0.183. The molecule has 3 aromatic rings. The van der Waals surface area contributed by atoms with E-state index in [1.165, 1.54) is 5.56 Å². The molecule has 1 unspecified atom stereocenters. The van der Waals surface area contributed by atoms with Gasteiger partial charge in [0.1, 0.15) is 0 Å². The number of carbonyl (C=O) groups is 2. The van der Waals surface area contributed by atoms with Crippen LogP contribution in [0.3, 0.4) is 0 Å². The molecule has 4 heterocycles. The first kappa shape index (κ1) is 17.9. The highest BCUT2D eigenvalue weighted by Crippen LogP contribution is 2.41. The predicted octanol–water partition coefficient (Wildman–Crippen LogP) is 2.64. The van der Waals surface area contributed by atoms with Gasteiger partial charge < -0.3 is 9.80 Å². The number of benzene rings is 1. The molecule has 1 spiro atoms. The number of likely N-dealkylation sites (tertiary alicyclic amines) is 2. The second-order valence-electron chi connectivity index (χ2n) is 8.12. The molecule has 1 atom stereocenters. The Morgan fingerprint density at radius 3 is 2.69 bits per heavy atom. The standard InChI is InChI=1S/C23H24N4O2/c28-21(19-16-24-27-12-5-4-8-20(19)27)26-15-11-23(17-26)10-14-25(22(23)29)13-9-18-6-2-1-3-7-18/h1-8,12,16H,9-11,13-15,17H2. The smallest absolute Gasteiger partial charge is 0.257 e. The molecule has 29 heavy (non-hydrogen) atoms. The molecule has 5 rings (SSSR count). The van der Waals surface area contributed by atoms with Gasteiger partial charge in [-0.05, 0) is 37.0 Å². The van der Waals surface area contributed by atoms with Gasteiger partial charge in [-0.25, -0.2) is 4.52 Å². The van der Waals surface area contributed by atoms with Crippen molar-refractivity contribution in [3.63, 3.8) is 0 Å². The third kappa shape index (κ3) is 3.09. The van der Waals surface area contributed by atoms with Crippen molar-refractivity contribution in [2.75, 3.05) is 26.2 Å². The lowest BCUT2D eigenvalue weighted by Gasteiger charge is -2.23. The van der Waals surface area contributed by atoms with Gasteiger partial charge in [0.15, 0.2) is 0 Å². The highest BCUT2D eigenvalue weighted by Gasteiger charge is 2.51. The summed E-state index contributed by atoms with van der Waals surface area (Å²) in [7, 11) is 0. The monoisotopic (exact) mass is 388 g/mol. The highest BCUT2D eigenvalue weighted by molar-refractivity contribution is 6.01. The van der Waals surface area contributed by atoms with Crippen LogP contribution < -0.4 is 0 Å². The Morgan fingerprint density at radius 2 is 1.83 bits per heavy atom. The maximum absolute atomic E-state index is 13.2. The molecule has 0 radical (unpaired) electrons. The fraction of sp³-hybridized carbons (Fsp3) is 0.348. The molecule has 0 aliphatic carbocycles. The number of hydrogen-bond acceptors (Lipinski definition) is 3. The number of rotatable bonds is 4. The van der Waals surface area contributed by atoms with E-state index in [0.717, 1.165) is 37.9 Å². The first-order valence-electron chi connectivity index (χ1n) is 10.2. The zero-order chi connectivity index (χ0) is 19.8. The first-order valence-corrected chi connectivity index (χ1v) is 10.2. The average Bonchev–Trinajstić information content (AvgIpc) is 3.46. The number of fused-ring (bicyclic) bond motifs is 1. The van der Waals surface area contributed by atoms with Crippen molar-refractivity contribution in [1.29, 1.82) is 0 Å². The van der Waals surface area contributed by atoms with Gasteiger partial charge in [0.25, 0.3) is 5.91 Å². The third-order valence-corrected chi connectivity index (χ3v) is 6.41. The van der Waals surface area contributed by atoms with E-state index in [1.807, 2.05) is 52.4 Å². The van der Waals surface area contributed by atoms with Crippen LogP contribution in [0.4, 0.5) is 0 Å². The molecule has 2 amide bonds. The van der Waals surface area contributed by atoms with E-state index < -0.39 is 5.41 Å². The van der Waals surface area contributed by atoms with Crippen LogP contribution in [0.2, 0.25) is 0 Å². The minimum Gasteiger partial charge on any atom is -0.342 e. The van der Waals surface area contributed by atoms with Crippen LogP contribution in [0.15, 0.2) is 60.9 Å².